The number of rotatable bonds is 10. The number of carbonyl (C=O) groups is 2. The topological polar surface area (TPSA) is 52.6 Å². The number of benzene rings is 2. The summed E-state index contributed by atoms with van der Waals surface area (Å²) in [4.78, 5) is 25.1. The van der Waals surface area contributed by atoms with E-state index in [1.165, 1.54) is 0 Å². The molecule has 4 heteroatoms. The molecule has 0 fully saturated rings. The molecule has 4 nitrogen and oxygen atoms in total. The van der Waals surface area contributed by atoms with Gasteiger partial charge in [-0.2, -0.15) is 0 Å². The Kier molecular flexibility index (Phi) is 8.91. The highest BCUT2D eigenvalue weighted by Gasteiger charge is 2.25. The molecule has 29 heavy (non-hydrogen) atoms. The highest BCUT2D eigenvalue weighted by atomic mass is 16.6. The summed E-state index contributed by atoms with van der Waals surface area (Å²) in [5.41, 5.74) is 1.06. The summed E-state index contributed by atoms with van der Waals surface area (Å²) >= 11 is 0. The molecule has 0 amide bonds. The molecule has 2 atom stereocenters. The number of hydrogen-bond acceptors (Lipinski definition) is 4. The fraction of sp³-hybridized carbons (Fsp3) is 0.440. The van der Waals surface area contributed by atoms with E-state index in [-0.39, 0.29) is 24.1 Å². The largest absolute Gasteiger partial charge is 0.459 e. The van der Waals surface area contributed by atoms with Crippen LogP contribution in [0.25, 0.3) is 0 Å². The van der Waals surface area contributed by atoms with Crippen LogP contribution >= 0.6 is 0 Å². The van der Waals surface area contributed by atoms with Gasteiger partial charge in [0.05, 0.1) is 11.1 Å². The fourth-order valence-electron chi connectivity index (χ4n) is 3.32. The third-order valence-corrected chi connectivity index (χ3v) is 4.56. The van der Waals surface area contributed by atoms with Crippen molar-refractivity contribution >= 4 is 11.9 Å². The first-order chi connectivity index (χ1) is 13.8. The van der Waals surface area contributed by atoms with Crippen LogP contribution in [0.2, 0.25) is 0 Å². The standard InChI is InChI=1S/C25H32O4/c1-18(2)15-22(28-24(26)20-11-7-5-8-12-20)17-23(16-19(3)4)29-25(27)21-13-9-6-10-14-21/h5-14,18-19,22-23H,15-17H2,1-4H3. The molecule has 0 aliphatic heterocycles. The van der Waals surface area contributed by atoms with Crippen LogP contribution in [-0.2, 0) is 9.47 Å². The lowest BCUT2D eigenvalue weighted by Crippen LogP contribution is -2.29. The first kappa shape index (κ1) is 22.7. The van der Waals surface area contributed by atoms with Crippen molar-refractivity contribution in [2.75, 3.05) is 0 Å². The molecule has 2 aromatic carbocycles. The van der Waals surface area contributed by atoms with E-state index < -0.39 is 0 Å². The van der Waals surface area contributed by atoms with Gasteiger partial charge in [0.25, 0.3) is 0 Å². The van der Waals surface area contributed by atoms with E-state index in [1.807, 2.05) is 36.4 Å². The number of esters is 2. The summed E-state index contributed by atoms with van der Waals surface area (Å²) in [5, 5.41) is 0. The van der Waals surface area contributed by atoms with Crippen LogP contribution in [-0.4, -0.2) is 24.1 Å². The average Bonchev–Trinajstić information content (AvgIpc) is 2.68. The van der Waals surface area contributed by atoms with E-state index in [9.17, 15) is 9.59 Å². The van der Waals surface area contributed by atoms with E-state index in [4.69, 9.17) is 9.47 Å². The number of hydrogen-bond donors (Lipinski definition) is 0. The first-order valence-corrected chi connectivity index (χ1v) is 10.4. The lowest BCUT2D eigenvalue weighted by Gasteiger charge is -2.26. The summed E-state index contributed by atoms with van der Waals surface area (Å²) in [5.74, 6) is 0.0315. The third kappa shape index (κ3) is 8.10. The molecular formula is C25H32O4. The highest BCUT2D eigenvalue weighted by Crippen LogP contribution is 2.22. The van der Waals surface area contributed by atoms with Gasteiger partial charge in [0, 0.05) is 6.42 Å². The van der Waals surface area contributed by atoms with Crippen molar-refractivity contribution in [1.29, 1.82) is 0 Å². The quantitative estimate of drug-likeness (QED) is 0.468. The molecule has 0 saturated heterocycles. The minimum atomic E-state index is -0.339. The molecule has 0 aliphatic rings. The van der Waals surface area contributed by atoms with Crippen molar-refractivity contribution in [3.8, 4) is 0 Å². The van der Waals surface area contributed by atoms with Gasteiger partial charge in [-0.25, -0.2) is 9.59 Å². The maximum Gasteiger partial charge on any atom is 0.338 e. The molecule has 2 unspecified atom stereocenters. The molecule has 0 heterocycles. The molecule has 0 spiro atoms. The molecular weight excluding hydrogens is 364 g/mol. The summed E-state index contributed by atoms with van der Waals surface area (Å²) in [6.07, 6.45) is 1.31. The Hall–Kier alpha value is -2.62. The van der Waals surface area contributed by atoms with E-state index in [1.54, 1.807) is 24.3 Å². The van der Waals surface area contributed by atoms with Crippen LogP contribution in [0.3, 0.4) is 0 Å². The normalized spacial score (nSPS) is 13.2. The van der Waals surface area contributed by atoms with Crippen molar-refractivity contribution in [3.63, 3.8) is 0 Å². The minimum absolute atomic E-state index is 0.310. The van der Waals surface area contributed by atoms with Gasteiger partial charge in [0.15, 0.2) is 0 Å². The van der Waals surface area contributed by atoms with Crippen molar-refractivity contribution in [2.24, 2.45) is 11.8 Å². The molecule has 2 aromatic rings. The van der Waals surface area contributed by atoms with E-state index >= 15 is 0 Å². The predicted octanol–water partition coefficient (Wildman–Crippen LogP) is 5.92. The van der Waals surface area contributed by atoms with Gasteiger partial charge in [0.2, 0.25) is 0 Å². The van der Waals surface area contributed by atoms with Crippen molar-refractivity contribution < 1.29 is 19.1 Å². The maximum atomic E-state index is 12.6. The monoisotopic (exact) mass is 396 g/mol. The molecule has 156 valence electrons. The predicted molar refractivity (Wildman–Crippen MR) is 115 cm³/mol. The third-order valence-electron chi connectivity index (χ3n) is 4.56. The second kappa shape index (κ2) is 11.4. The van der Waals surface area contributed by atoms with Crippen LogP contribution in [0.4, 0.5) is 0 Å². The van der Waals surface area contributed by atoms with Gasteiger partial charge < -0.3 is 9.47 Å². The molecule has 0 radical (unpaired) electrons. The zero-order chi connectivity index (χ0) is 21.2. The van der Waals surface area contributed by atoms with Crippen LogP contribution < -0.4 is 0 Å². The Morgan fingerprint density at radius 3 is 1.28 bits per heavy atom. The van der Waals surface area contributed by atoms with Crippen LogP contribution in [0, 0.1) is 11.8 Å². The zero-order valence-corrected chi connectivity index (χ0v) is 17.8. The Morgan fingerprint density at radius 2 is 0.966 bits per heavy atom. The summed E-state index contributed by atoms with van der Waals surface area (Å²) in [6.45, 7) is 8.38. The Labute approximate surface area is 174 Å². The molecule has 2 rings (SSSR count). The zero-order valence-electron chi connectivity index (χ0n) is 17.8. The van der Waals surface area contributed by atoms with Crippen molar-refractivity contribution in [3.05, 3.63) is 71.8 Å². The lowest BCUT2D eigenvalue weighted by molar-refractivity contribution is -0.00884. The summed E-state index contributed by atoms with van der Waals surface area (Å²) < 4.78 is 11.6. The van der Waals surface area contributed by atoms with Gasteiger partial charge >= 0.3 is 11.9 Å². The fourth-order valence-corrected chi connectivity index (χ4v) is 3.32. The SMILES string of the molecule is CC(C)CC(CC(CC(C)C)OC(=O)c1ccccc1)OC(=O)c1ccccc1. The van der Waals surface area contributed by atoms with Gasteiger partial charge in [-0.1, -0.05) is 64.1 Å². The molecule has 0 N–H and O–H groups in total. The average molecular weight is 397 g/mol. The smallest absolute Gasteiger partial charge is 0.338 e. The Morgan fingerprint density at radius 1 is 0.621 bits per heavy atom. The highest BCUT2D eigenvalue weighted by molar-refractivity contribution is 5.90. The van der Waals surface area contributed by atoms with Crippen molar-refractivity contribution in [1.82, 2.24) is 0 Å². The molecule has 0 bridgehead atoms. The molecule has 0 aliphatic carbocycles. The second-order valence-corrected chi connectivity index (χ2v) is 8.28. The Bertz CT molecular complexity index is 687. The van der Waals surface area contributed by atoms with E-state index in [2.05, 4.69) is 27.7 Å². The first-order valence-electron chi connectivity index (χ1n) is 10.4. The van der Waals surface area contributed by atoms with Crippen LogP contribution in [0.15, 0.2) is 60.7 Å². The Balaban J connectivity index is 2.10. The van der Waals surface area contributed by atoms with Crippen LogP contribution in [0.1, 0.15) is 67.7 Å². The van der Waals surface area contributed by atoms with Gasteiger partial charge in [-0.05, 0) is 48.9 Å². The van der Waals surface area contributed by atoms with Crippen LogP contribution in [0.5, 0.6) is 0 Å². The van der Waals surface area contributed by atoms with Crippen molar-refractivity contribution in [2.45, 2.75) is 59.2 Å². The number of carbonyl (C=O) groups excluding carboxylic acids is 2. The van der Waals surface area contributed by atoms with Gasteiger partial charge in [0.1, 0.15) is 12.2 Å². The minimum Gasteiger partial charge on any atom is -0.459 e. The molecule has 0 aromatic heterocycles. The summed E-state index contributed by atoms with van der Waals surface area (Å²) in [7, 11) is 0. The van der Waals surface area contributed by atoms with E-state index in [0.29, 0.717) is 29.4 Å². The van der Waals surface area contributed by atoms with Gasteiger partial charge in [-0.15, -0.1) is 0 Å². The maximum absolute atomic E-state index is 12.6. The molecule has 0 saturated carbocycles. The second-order valence-electron chi connectivity index (χ2n) is 8.28. The summed E-state index contributed by atoms with van der Waals surface area (Å²) in [6, 6.07) is 18.0. The van der Waals surface area contributed by atoms with E-state index in [0.717, 1.165) is 12.8 Å². The lowest BCUT2D eigenvalue weighted by atomic mass is 9.96. The van der Waals surface area contributed by atoms with Gasteiger partial charge in [-0.3, -0.25) is 0 Å². The number of ether oxygens (including phenoxy) is 2.